The van der Waals surface area contributed by atoms with Crippen LogP contribution in [0.15, 0.2) is 91.0 Å². The first-order valence-corrected chi connectivity index (χ1v) is 16.3. The van der Waals surface area contributed by atoms with Gasteiger partial charge in [0.2, 0.25) is 0 Å². The summed E-state index contributed by atoms with van der Waals surface area (Å²) in [5.41, 5.74) is 0.274. The van der Waals surface area contributed by atoms with Crippen molar-refractivity contribution in [3.8, 4) is 0 Å². The topological polar surface area (TPSA) is 46.5 Å². The van der Waals surface area contributed by atoms with E-state index in [4.69, 9.17) is 4.43 Å². The van der Waals surface area contributed by atoms with Gasteiger partial charge in [-0.05, 0) is 30.1 Å². The Hall–Kier alpha value is -1.97. The molecule has 0 spiro atoms. The van der Waals surface area contributed by atoms with Crippen molar-refractivity contribution in [2.75, 3.05) is 6.61 Å². The fourth-order valence-corrected chi connectivity index (χ4v) is 8.29. The fourth-order valence-electron chi connectivity index (χ4n) is 3.89. The molecule has 0 saturated heterocycles. The summed E-state index contributed by atoms with van der Waals surface area (Å²) in [7, 11) is -5.17. The highest BCUT2D eigenvalue weighted by atomic mass is 31.2. The minimum atomic E-state index is -3.19. The Morgan fingerprint density at radius 1 is 0.818 bits per heavy atom. The summed E-state index contributed by atoms with van der Waals surface area (Å²) in [6.07, 6.45) is -0.371. The molecule has 2 atom stereocenters. The van der Waals surface area contributed by atoms with E-state index in [1.54, 1.807) is 0 Å². The van der Waals surface area contributed by atoms with Gasteiger partial charge in [-0.15, -0.1) is 0 Å². The summed E-state index contributed by atoms with van der Waals surface area (Å²) in [5, 5.41) is 13.2. The second-order valence-electron chi connectivity index (χ2n) is 10.1. The van der Waals surface area contributed by atoms with Crippen molar-refractivity contribution in [3.05, 3.63) is 96.6 Å². The second kappa shape index (κ2) is 10.5. The number of benzene rings is 3. The molecule has 1 N–H and O–H groups in total. The molecule has 0 aromatic heterocycles. The number of aliphatic hydroxyl groups is 1. The molecule has 3 rings (SSSR count). The lowest BCUT2D eigenvalue weighted by molar-refractivity contribution is 0.156. The molecule has 176 valence electrons. The first kappa shape index (κ1) is 25.6. The normalized spacial score (nSPS) is 14.6. The summed E-state index contributed by atoms with van der Waals surface area (Å²) in [5.74, 6) is 0. The molecule has 0 unspecified atom stereocenters. The SMILES string of the molecule is CC(C)(C)[Si](C)(C)OCC[C@@H]([C@H](O)c1ccccc1)P(=O)(c1ccccc1)c1ccccc1. The molecule has 5 heteroatoms. The molecule has 3 aromatic carbocycles. The lowest BCUT2D eigenvalue weighted by atomic mass is 10.0. The smallest absolute Gasteiger partial charge is 0.191 e. The fraction of sp³-hybridized carbons (Fsp3) is 0.357. The minimum absolute atomic E-state index is 0.0864. The van der Waals surface area contributed by atoms with Gasteiger partial charge in [-0.25, -0.2) is 0 Å². The van der Waals surface area contributed by atoms with Crippen LogP contribution in [0.25, 0.3) is 0 Å². The van der Waals surface area contributed by atoms with E-state index < -0.39 is 27.2 Å². The first-order valence-electron chi connectivity index (χ1n) is 11.7. The maximum atomic E-state index is 15.1. The Morgan fingerprint density at radius 3 is 1.67 bits per heavy atom. The quantitative estimate of drug-likeness (QED) is 0.280. The molecular weight excluding hydrogens is 443 g/mol. The Morgan fingerprint density at radius 2 is 1.24 bits per heavy atom. The van der Waals surface area contributed by atoms with E-state index in [0.29, 0.717) is 13.0 Å². The molecule has 0 saturated carbocycles. The van der Waals surface area contributed by atoms with Crippen LogP contribution in [-0.2, 0) is 8.99 Å². The third kappa shape index (κ3) is 5.75. The standard InChI is InChI=1S/C28H37O3PSi/c1-28(2,3)33(4,5)31-22-21-26(27(29)23-15-9-6-10-16-23)32(30,24-17-11-7-12-18-24)25-19-13-8-14-20-25/h6-20,26-27,29H,21-22H2,1-5H3/t26-,27+/m0/s1. The monoisotopic (exact) mass is 480 g/mol. The van der Waals surface area contributed by atoms with Crippen molar-refractivity contribution in [2.24, 2.45) is 0 Å². The molecule has 0 amide bonds. The van der Waals surface area contributed by atoms with E-state index in [-0.39, 0.29) is 5.04 Å². The van der Waals surface area contributed by atoms with E-state index in [1.165, 1.54) is 0 Å². The van der Waals surface area contributed by atoms with Gasteiger partial charge in [0.15, 0.2) is 8.32 Å². The number of rotatable bonds is 9. The Kier molecular flexibility index (Phi) is 8.18. The van der Waals surface area contributed by atoms with Crippen LogP contribution in [-0.4, -0.2) is 25.7 Å². The molecule has 0 aliphatic rings. The molecule has 33 heavy (non-hydrogen) atoms. The van der Waals surface area contributed by atoms with Crippen LogP contribution < -0.4 is 10.6 Å². The molecule has 3 nitrogen and oxygen atoms in total. The van der Waals surface area contributed by atoms with Crippen LogP contribution in [0.4, 0.5) is 0 Å². The zero-order valence-corrected chi connectivity index (χ0v) is 22.3. The molecule has 0 heterocycles. The first-order chi connectivity index (χ1) is 15.6. The van der Waals surface area contributed by atoms with E-state index in [9.17, 15) is 5.11 Å². The highest BCUT2D eigenvalue weighted by molar-refractivity contribution is 7.79. The third-order valence-corrected chi connectivity index (χ3v) is 15.1. The summed E-state index contributed by atoms with van der Waals surface area (Å²) in [4.78, 5) is 0. The molecule has 0 radical (unpaired) electrons. The van der Waals surface area contributed by atoms with Crippen molar-refractivity contribution in [2.45, 2.75) is 57.1 Å². The van der Waals surface area contributed by atoms with Gasteiger partial charge in [0.05, 0.1) is 11.8 Å². The van der Waals surface area contributed by atoms with Gasteiger partial charge >= 0.3 is 0 Å². The molecule has 0 bridgehead atoms. The second-order valence-corrected chi connectivity index (χ2v) is 18.0. The van der Waals surface area contributed by atoms with Crippen LogP contribution in [0.3, 0.4) is 0 Å². The van der Waals surface area contributed by atoms with Crippen molar-refractivity contribution < 1.29 is 14.1 Å². The lowest BCUT2D eigenvalue weighted by Crippen LogP contribution is -2.42. The summed E-state index contributed by atoms with van der Waals surface area (Å²) in [6.45, 7) is 11.6. The van der Waals surface area contributed by atoms with Crippen molar-refractivity contribution in [3.63, 3.8) is 0 Å². The van der Waals surface area contributed by atoms with Crippen molar-refractivity contribution >= 4 is 26.1 Å². The predicted octanol–water partition coefficient (Wildman–Crippen LogP) is 6.51. The average molecular weight is 481 g/mol. The van der Waals surface area contributed by atoms with Gasteiger partial charge in [-0.3, -0.25) is 0 Å². The predicted molar refractivity (Wildman–Crippen MR) is 143 cm³/mol. The van der Waals surface area contributed by atoms with Gasteiger partial charge < -0.3 is 14.1 Å². The van der Waals surface area contributed by atoms with Crippen LogP contribution in [0.2, 0.25) is 18.1 Å². The van der Waals surface area contributed by atoms with Crippen molar-refractivity contribution in [1.29, 1.82) is 0 Å². The van der Waals surface area contributed by atoms with Crippen LogP contribution in [0, 0.1) is 0 Å². The van der Waals surface area contributed by atoms with Gasteiger partial charge in [0, 0.05) is 17.2 Å². The Bertz CT molecular complexity index is 1000. The molecule has 0 fully saturated rings. The highest BCUT2D eigenvalue weighted by Crippen LogP contribution is 2.54. The zero-order valence-electron chi connectivity index (χ0n) is 20.4. The molecular formula is C28H37O3PSi. The van der Waals surface area contributed by atoms with Gasteiger partial charge in [0.1, 0.15) is 7.14 Å². The average Bonchev–Trinajstić information content (AvgIpc) is 2.82. The molecule has 3 aromatic rings. The zero-order chi connectivity index (χ0) is 24.1. The van der Waals surface area contributed by atoms with E-state index >= 15 is 4.57 Å². The van der Waals surface area contributed by atoms with E-state index in [2.05, 4.69) is 33.9 Å². The Labute approximate surface area is 200 Å². The number of hydrogen-bond acceptors (Lipinski definition) is 3. The number of hydrogen-bond donors (Lipinski definition) is 1. The maximum Gasteiger partial charge on any atom is 0.191 e. The lowest BCUT2D eigenvalue weighted by Gasteiger charge is -2.38. The maximum absolute atomic E-state index is 15.1. The highest BCUT2D eigenvalue weighted by Gasteiger charge is 2.42. The van der Waals surface area contributed by atoms with E-state index in [1.807, 2.05) is 91.0 Å². The summed E-state index contributed by atoms with van der Waals surface area (Å²) >= 11 is 0. The third-order valence-electron chi connectivity index (χ3n) is 6.93. The van der Waals surface area contributed by atoms with Crippen LogP contribution in [0.1, 0.15) is 38.9 Å². The summed E-state index contributed by atoms with van der Waals surface area (Å²) in [6, 6.07) is 28.8. The van der Waals surface area contributed by atoms with Gasteiger partial charge in [0.25, 0.3) is 0 Å². The van der Waals surface area contributed by atoms with Gasteiger partial charge in [-0.1, -0.05) is 112 Å². The molecule has 0 aliphatic carbocycles. The van der Waals surface area contributed by atoms with Gasteiger partial charge in [-0.2, -0.15) is 0 Å². The van der Waals surface area contributed by atoms with Crippen LogP contribution >= 0.6 is 7.14 Å². The van der Waals surface area contributed by atoms with Crippen LogP contribution in [0.5, 0.6) is 0 Å². The number of aliphatic hydroxyl groups excluding tert-OH is 1. The largest absolute Gasteiger partial charge is 0.417 e. The molecule has 0 aliphatic heterocycles. The van der Waals surface area contributed by atoms with Crippen molar-refractivity contribution in [1.82, 2.24) is 0 Å². The van der Waals surface area contributed by atoms with E-state index in [0.717, 1.165) is 16.2 Å². The Balaban J connectivity index is 2.06. The minimum Gasteiger partial charge on any atom is -0.417 e. The summed E-state index contributed by atoms with van der Waals surface area (Å²) < 4.78 is 21.6.